The van der Waals surface area contributed by atoms with Crippen molar-refractivity contribution in [2.45, 2.75) is 13.5 Å². The Bertz CT molecular complexity index is 471. The van der Waals surface area contributed by atoms with Gasteiger partial charge in [-0.1, -0.05) is 23.5 Å². The van der Waals surface area contributed by atoms with E-state index >= 15 is 0 Å². The molecule has 0 aliphatic rings. The molecule has 0 aliphatic carbocycles. The molecule has 0 aliphatic heterocycles. The molecule has 0 unspecified atom stereocenters. The normalized spacial score (nSPS) is 10.1. The Morgan fingerprint density at radius 3 is 3.00 bits per heavy atom. The molecule has 0 radical (unpaired) electrons. The van der Waals surface area contributed by atoms with Crippen LogP contribution in [0.1, 0.15) is 10.6 Å². The lowest BCUT2D eigenvalue weighted by atomic mass is 10.2. The van der Waals surface area contributed by atoms with Crippen LogP contribution in [0.3, 0.4) is 0 Å². The van der Waals surface area contributed by atoms with Gasteiger partial charge in [-0.05, 0) is 24.6 Å². The predicted octanol–water partition coefficient (Wildman–Crippen LogP) is 1.71. The first-order chi connectivity index (χ1) is 7.78. The highest BCUT2D eigenvalue weighted by Gasteiger charge is 2.03. The summed E-state index contributed by atoms with van der Waals surface area (Å²) in [6, 6.07) is 7.87. The molecule has 1 heterocycles. The molecule has 0 bridgehead atoms. The number of hydrogen-bond donors (Lipinski definition) is 2. The molecular weight excluding hydrogens is 224 g/mol. The van der Waals surface area contributed by atoms with Crippen molar-refractivity contribution in [3.8, 4) is 5.75 Å². The highest BCUT2D eigenvalue weighted by molar-refractivity contribution is 7.15. The lowest BCUT2D eigenvalue weighted by molar-refractivity contribution is 0.304. The smallest absolute Gasteiger partial charge is 0.219 e. The van der Waals surface area contributed by atoms with E-state index < -0.39 is 0 Å². The van der Waals surface area contributed by atoms with Gasteiger partial charge in [-0.25, -0.2) is 5.84 Å². The van der Waals surface area contributed by atoms with Gasteiger partial charge in [-0.2, -0.15) is 0 Å². The van der Waals surface area contributed by atoms with Crippen LogP contribution >= 0.6 is 11.3 Å². The average Bonchev–Trinajstić information content (AvgIpc) is 2.74. The van der Waals surface area contributed by atoms with Crippen LogP contribution in [0.2, 0.25) is 0 Å². The van der Waals surface area contributed by atoms with Crippen molar-refractivity contribution < 1.29 is 4.74 Å². The van der Waals surface area contributed by atoms with Crippen LogP contribution in [-0.4, -0.2) is 10.2 Å². The zero-order chi connectivity index (χ0) is 11.4. The minimum Gasteiger partial charge on any atom is -0.486 e. The number of nitrogens with zero attached hydrogens (tertiary/aromatic N) is 2. The van der Waals surface area contributed by atoms with Crippen molar-refractivity contribution in [2.75, 3.05) is 5.43 Å². The van der Waals surface area contributed by atoms with E-state index in [-0.39, 0.29) is 0 Å². The third-order valence-electron chi connectivity index (χ3n) is 1.94. The summed E-state index contributed by atoms with van der Waals surface area (Å²) < 4.78 is 5.57. The third-order valence-corrected chi connectivity index (χ3v) is 2.77. The maximum Gasteiger partial charge on any atom is 0.219 e. The summed E-state index contributed by atoms with van der Waals surface area (Å²) in [7, 11) is 0. The summed E-state index contributed by atoms with van der Waals surface area (Å²) in [6.45, 7) is 2.43. The zero-order valence-electron chi connectivity index (χ0n) is 8.80. The van der Waals surface area contributed by atoms with Crippen LogP contribution in [0.4, 0.5) is 5.13 Å². The van der Waals surface area contributed by atoms with Crippen molar-refractivity contribution in [3.63, 3.8) is 0 Å². The summed E-state index contributed by atoms with van der Waals surface area (Å²) in [6.07, 6.45) is 0. The Morgan fingerprint density at radius 2 is 2.31 bits per heavy atom. The monoisotopic (exact) mass is 236 g/mol. The van der Waals surface area contributed by atoms with Gasteiger partial charge in [0, 0.05) is 0 Å². The molecule has 0 saturated heterocycles. The van der Waals surface area contributed by atoms with E-state index in [1.807, 2.05) is 31.2 Å². The number of nitrogens with one attached hydrogen (secondary N) is 1. The summed E-state index contributed by atoms with van der Waals surface area (Å²) in [5.41, 5.74) is 3.61. The predicted molar refractivity (Wildman–Crippen MR) is 63.2 cm³/mol. The first-order valence-electron chi connectivity index (χ1n) is 4.76. The summed E-state index contributed by atoms with van der Waals surface area (Å²) in [5.74, 6) is 6.04. The van der Waals surface area contributed by atoms with Gasteiger partial charge in [0.15, 0.2) is 5.01 Å². The van der Waals surface area contributed by atoms with Gasteiger partial charge < -0.3 is 4.74 Å². The average molecular weight is 236 g/mol. The molecule has 84 valence electrons. The van der Waals surface area contributed by atoms with Crippen LogP contribution in [0, 0.1) is 6.92 Å². The topological polar surface area (TPSA) is 73.1 Å². The standard InChI is InChI=1S/C10H12N4OS/c1-7-3-2-4-8(5-7)15-6-9-13-14-10(12-11)16-9/h2-5H,6,11H2,1H3,(H,12,14). The van der Waals surface area contributed by atoms with Gasteiger partial charge in [0.05, 0.1) is 0 Å². The third kappa shape index (κ3) is 2.68. The quantitative estimate of drug-likeness (QED) is 0.624. The lowest BCUT2D eigenvalue weighted by Gasteiger charge is -2.03. The minimum absolute atomic E-state index is 0.406. The number of benzene rings is 1. The summed E-state index contributed by atoms with van der Waals surface area (Å²) >= 11 is 1.37. The molecule has 2 aromatic rings. The Labute approximate surface area is 97.2 Å². The summed E-state index contributed by atoms with van der Waals surface area (Å²) in [5, 5.41) is 9.11. The van der Waals surface area contributed by atoms with Crippen molar-refractivity contribution in [1.29, 1.82) is 0 Å². The minimum atomic E-state index is 0.406. The van der Waals surface area contributed by atoms with E-state index in [1.54, 1.807) is 0 Å². The number of nitrogens with two attached hydrogens (primary N) is 1. The number of aromatic nitrogens is 2. The van der Waals surface area contributed by atoms with Gasteiger partial charge in [0.2, 0.25) is 5.13 Å². The van der Waals surface area contributed by atoms with Gasteiger partial charge in [0.25, 0.3) is 0 Å². The van der Waals surface area contributed by atoms with Gasteiger partial charge in [0.1, 0.15) is 12.4 Å². The number of anilines is 1. The van der Waals surface area contributed by atoms with Crippen molar-refractivity contribution >= 4 is 16.5 Å². The second-order valence-electron chi connectivity index (χ2n) is 3.25. The van der Waals surface area contributed by atoms with Crippen molar-refractivity contribution in [1.82, 2.24) is 10.2 Å². The van der Waals surface area contributed by atoms with Crippen LogP contribution < -0.4 is 16.0 Å². The van der Waals surface area contributed by atoms with E-state index in [1.165, 1.54) is 16.9 Å². The molecule has 5 nitrogen and oxygen atoms in total. The Hall–Kier alpha value is -1.66. The lowest BCUT2D eigenvalue weighted by Crippen LogP contribution is -2.05. The van der Waals surface area contributed by atoms with Gasteiger partial charge in [-0.15, -0.1) is 10.2 Å². The molecule has 16 heavy (non-hydrogen) atoms. The molecule has 1 aromatic heterocycles. The van der Waals surface area contributed by atoms with E-state index in [0.29, 0.717) is 11.7 Å². The Kier molecular flexibility index (Phi) is 3.33. The first kappa shape index (κ1) is 10.8. The first-order valence-corrected chi connectivity index (χ1v) is 5.58. The fraction of sp³-hybridized carbons (Fsp3) is 0.200. The number of hydrogen-bond acceptors (Lipinski definition) is 6. The van der Waals surface area contributed by atoms with Crippen LogP contribution in [-0.2, 0) is 6.61 Å². The number of ether oxygens (including phenoxy) is 1. The fourth-order valence-electron chi connectivity index (χ4n) is 1.22. The molecule has 1 aromatic carbocycles. The molecular formula is C10H12N4OS. The molecule has 0 spiro atoms. The fourth-order valence-corrected chi connectivity index (χ4v) is 1.78. The highest BCUT2D eigenvalue weighted by atomic mass is 32.1. The maximum atomic E-state index is 5.57. The second-order valence-corrected chi connectivity index (χ2v) is 4.31. The molecule has 0 atom stereocenters. The van der Waals surface area contributed by atoms with Crippen molar-refractivity contribution in [3.05, 3.63) is 34.8 Å². The van der Waals surface area contributed by atoms with Gasteiger partial charge in [-0.3, -0.25) is 5.43 Å². The molecule has 2 rings (SSSR count). The van der Waals surface area contributed by atoms with Crippen molar-refractivity contribution in [2.24, 2.45) is 5.84 Å². The molecule has 0 fully saturated rings. The SMILES string of the molecule is Cc1cccc(OCc2nnc(NN)s2)c1. The molecule has 6 heteroatoms. The van der Waals surface area contributed by atoms with E-state index in [9.17, 15) is 0 Å². The second kappa shape index (κ2) is 4.91. The number of hydrazine groups is 1. The molecule has 0 saturated carbocycles. The maximum absolute atomic E-state index is 5.57. The largest absolute Gasteiger partial charge is 0.486 e. The molecule has 0 amide bonds. The number of nitrogen functional groups attached to an aromatic ring is 1. The number of rotatable bonds is 4. The van der Waals surface area contributed by atoms with Crippen LogP contribution in [0.25, 0.3) is 0 Å². The van der Waals surface area contributed by atoms with Crippen LogP contribution in [0.5, 0.6) is 5.75 Å². The molecule has 3 N–H and O–H groups in total. The zero-order valence-corrected chi connectivity index (χ0v) is 9.62. The highest BCUT2D eigenvalue weighted by Crippen LogP contribution is 2.17. The van der Waals surface area contributed by atoms with E-state index in [2.05, 4.69) is 15.6 Å². The summed E-state index contributed by atoms with van der Waals surface area (Å²) in [4.78, 5) is 0. The van der Waals surface area contributed by atoms with E-state index in [0.717, 1.165) is 10.8 Å². The number of aryl methyl sites for hydroxylation is 1. The van der Waals surface area contributed by atoms with Crippen LogP contribution in [0.15, 0.2) is 24.3 Å². The Balaban J connectivity index is 1.96. The Morgan fingerprint density at radius 1 is 1.44 bits per heavy atom. The van der Waals surface area contributed by atoms with Gasteiger partial charge >= 0.3 is 0 Å². The van der Waals surface area contributed by atoms with E-state index in [4.69, 9.17) is 10.6 Å².